The lowest BCUT2D eigenvalue weighted by molar-refractivity contribution is -0.131. The summed E-state index contributed by atoms with van der Waals surface area (Å²) in [7, 11) is 0. The van der Waals surface area contributed by atoms with Crippen molar-refractivity contribution in [2.45, 2.75) is 40.0 Å². The lowest BCUT2D eigenvalue weighted by Crippen LogP contribution is -2.02. The lowest BCUT2D eigenvalue weighted by atomic mass is 9.85. The molecule has 1 atom stereocenters. The average Bonchev–Trinajstić information content (AvgIpc) is 2.45. The third-order valence-electron chi connectivity index (χ3n) is 3.62. The maximum absolute atomic E-state index is 10.8. The number of allylic oxidation sites excluding steroid dienone is 4. The zero-order valence-electron chi connectivity index (χ0n) is 13.6. The van der Waals surface area contributed by atoms with Crippen molar-refractivity contribution in [2.75, 3.05) is 0 Å². The molecule has 22 heavy (non-hydrogen) atoms. The molecule has 0 fully saturated rings. The second-order valence-electron chi connectivity index (χ2n) is 5.59. The highest BCUT2D eigenvalue weighted by atomic mass is 16.4. The van der Waals surface area contributed by atoms with Crippen LogP contribution < -0.4 is 0 Å². The Bertz CT molecular complexity index is 618. The van der Waals surface area contributed by atoms with Crippen LogP contribution >= 0.6 is 0 Å². The first kappa shape index (κ1) is 17.8. The van der Waals surface area contributed by atoms with E-state index in [1.165, 1.54) is 11.1 Å². The van der Waals surface area contributed by atoms with Gasteiger partial charge in [-0.05, 0) is 63.5 Å². The average molecular weight is 300 g/mol. The van der Waals surface area contributed by atoms with E-state index in [9.17, 15) is 9.90 Å². The first-order valence-corrected chi connectivity index (χ1v) is 7.35. The largest absolute Gasteiger partial charge is 0.508 e. The van der Waals surface area contributed by atoms with Gasteiger partial charge in [-0.2, -0.15) is 0 Å². The van der Waals surface area contributed by atoms with Gasteiger partial charge in [0.05, 0.1) is 0 Å². The number of benzene rings is 1. The van der Waals surface area contributed by atoms with Gasteiger partial charge in [-0.15, -0.1) is 0 Å². The van der Waals surface area contributed by atoms with Crippen LogP contribution in [0, 0.1) is 0 Å². The summed E-state index contributed by atoms with van der Waals surface area (Å²) in [5.74, 6) is -0.684. The van der Waals surface area contributed by atoms with E-state index in [1.54, 1.807) is 24.3 Å². The van der Waals surface area contributed by atoms with Gasteiger partial charge < -0.3 is 10.2 Å². The summed E-state index contributed by atoms with van der Waals surface area (Å²) in [5.41, 5.74) is 4.17. The highest BCUT2D eigenvalue weighted by Gasteiger charge is 2.16. The van der Waals surface area contributed by atoms with Gasteiger partial charge in [0.25, 0.3) is 0 Å². The fourth-order valence-corrected chi connectivity index (χ4v) is 2.29. The topological polar surface area (TPSA) is 57.5 Å². The summed E-state index contributed by atoms with van der Waals surface area (Å²) in [6.45, 7) is 8.14. The van der Waals surface area contributed by atoms with Crippen LogP contribution in [-0.2, 0) is 4.79 Å². The first-order valence-electron chi connectivity index (χ1n) is 7.35. The molecule has 0 aliphatic rings. The van der Waals surface area contributed by atoms with E-state index in [1.807, 2.05) is 6.92 Å². The van der Waals surface area contributed by atoms with Crippen molar-refractivity contribution in [1.82, 2.24) is 0 Å². The molecular weight excluding hydrogens is 276 g/mol. The molecule has 0 spiro atoms. The molecule has 3 heteroatoms. The molecule has 0 radical (unpaired) electrons. The molecule has 0 aromatic heterocycles. The second kappa shape index (κ2) is 8.23. The van der Waals surface area contributed by atoms with E-state index in [4.69, 9.17) is 5.11 Å². The van der Waals surface area contributed by atoms with Crippen molar-refractivity contribution >= 4 is 12.0 Å². The fraction of sp³-hybridized carbons (Fsp3) is 0.316. The predicted octanol–water partition coefficient (Wildman–Crippen LogP) is 4.90. The van der Waals surface area contributed by atoms with Crippen LogP contribution in [0.15, 0.2) is 47.6 Å². The molecule has 2 N–H and O–H groups in total. The van der Waals surface area contributed by atoms with Gasteiger partial charge in [-0.25, -0.2) is 4.79 Å². The van der Waals surface area contributed by atoms with Crippen LogP contribution in [0.1, 0.15) is 51.2 Å². The molecule has 0 aliphatic heterocycles. The molecule has 0 amide bonds. The van der Waals surface area contributed by atoms with Crippen LogP contribution in [0.3, 0.4) is 0 Å². The fourth-order valence-electron chi connectivity index (χ4n) is 2.29. The van der Waals surface area contributed by atoms with E-state index in [-0.39, 0.29) is 11.7 Å². The molecule has 1 aromatic rings. The van der Waals surface area contributed by atoms with Gasteiger partial charge in [-0.1, -0.05) is 29.4 Å². The molecule has 1 aromatic carbocycles. The van der Waals surface area contributed by atoms with Crippen LogP contribution in [0.2, 0.25) is 0 Å². The SMILES string of the molecule is CC=C(C)C(CC=C(C)C)c1cc(O)ccc1C=CC(=O)O. The monoisotopic (exact) mass is 300 g/mol. The van der Waals surface area contributed by atoms with Gasteiger partial charge in [0.1, 0.15) is 5.75 Å². The Balaban J connectivity index is 3.35. The number of phenolic OH excluding ortho intramolecular Hbond substituents is 1. The third-order valence-corrected chi connectivity index (χ3v) is 3.62. The van der Waals surface area contributed by atoms with Gasteiger partial charge in [0.2, 0.25) is 0 Å². The van der Waals surface area contributed by atoms with Crippen molar-refractivity contribution < 1.29 is 15.0 Å². The molecule has 0 bridgehead atoms. The number of rotatable bonds is 6. The van der Waals surface area contributed by atoms with Crippen LogP contribution in [0.25, 0.3) is 6.08 Å². The maximum Gasteiger partial charge on any atom is 0.328 e. The van der Waals surface area contributed by atoms with Crippen molar-refractivity contribution in [2.24, 2.45) is 0 Å². The molecule has 1 rings (SSSR count). The Kier molecular flexibility index (Phi) is 6.64. The van der Waals surface area contributed by atoms with Crippen molar-refractivity contribution in [3.05, 3.63) is 58.7 Å². The summed E-state index contributed by atoms with van der Waals surface area (Å²) in [5, 5.41) is 18.7. The second-order valence-corrected chi connectivity index (χ2v) is 5.59. The van der Waals surface area contributed by atoms with Crippen molar-refractivity contribution in [3.63, 3.8) is 0 Å². The lowest BCUT2D eigenvalue weighted by Gasteiger charge is -2.20. The van der Waals surface area contributed by atoms with Crippen LogP contribution in [0.5, 0.6) is 5.75 Å². The smallest absolute Gasteiger partial charge is 0.328 e. The highest BCUT2D eigenvalue weighted by Crippen LogP contribution is 2.34. The van der Waals surface area contributed by atoms with E-state index >= 15 is 0 Å². The van der Waals surface area contributed by atoms with Crippen molar-refractivity contribution in [3.8, 4) is 5.75 Å². The molecule has 0 aliphatic carbocycles. The summed E-state index contributed by atoms with van der Waals surface area (Å²) in [6.07, 6.45) is 7.73. The molecule has 0 saturated carbocycles. The summed E-state index contributed by atoms with van der Waals surface area (Å²) >= 11 is 0. The Hall–Kier alpha value is -2.29. The maximum atomic E-state index is 10.8. The number of aliphatic carboxylic acids is 1. The molecule has 0 heterocycles. The Morgan fingerprint density at radius 3 is 2.50 bits per heavy atom. The van der Waals surface area contributed by atoms with Crippen molar-refractivity contribution in [1.29, 1.82) is 0 Å². The van der Waals surface area contributed by atoms with Gasteiger partial charge in [0, 0.05) is 12.0 Å². The number of hydrogen-bond donors (Lipinski definition) is 2. The minimum atomic E-state index is -0.984. The number of aromatic hydroxyl groups is 1. The Morgan fingerprint density at radius 1 is 1.27 bits per heavy atom. The minimum Gasteiger partial charge on any atom is -0.508 e. The quantitative estimate of drug-likeness (QED) is 0.580. The molecule has 1 unspecified atom stereocenters. The molecule has 118 valence electrons. The molecular formula is C19H24O3. The Labute approximate surface area is 132 Å². The van der Waals surface area contributed by atoms with Crippen LogP contribution in [0.4, 0.5) is 0 Å². The van der Waals surface area contributed by atoms with E-state index in [2.05, 4.69) is 32.9 Å². The minimum absolute atomic E-state index is 0.112. The van der Waals surface area contributed by atoms with Gasteiger partial charge >= 0.3 is 5.97 Å². The number of carboxylic acid groups (broad SMARTS) is 1. The number of carbonyl (C=O) groups is 1. The zero-order chi connectivity index (χ0) is 16.7. The van der Waals surface area contributed by atoms with E-state index in [0.29, 0.717) is 0 Å². The molecule has 0 saturated heterocycles. The summed E-state index contributed by atoms with van der Waals surface area (Å²) in [6, 6.07) is 5.05. The first-order chi connectivity index (χ1) is 10.3. The predicted molar refractivity (Wildman–Crippen MR) is 91.0 cm³/mol. The normalized spacial score (nSPS) is 13.2. The number of phenols is 1. The zero-order valence-corrected chi connectivity index (χ0v) is 13.6. The summed E-state index contributed by atoms with van der Waals surface area (Å²) in [4.78, 5) is 10.8. The van der Waals surface area contributed by atoms with Gasteiger partial charge in [0.15, 0.2) is 0 Å². The van der Waals surface area contributed by atoms with E-state index in [0.717, 1.165) is 23.6 Å². The Morgan fingerprint density at radius 2 is 1.95 bits per heavy atom. The van der Waals surface area contributed by atoms with Crippen LogP contribution in [-0.4, -0.2) is 16.2 Å². The number of carboxylic acids is 1. The summed E-state index contributed by atoms with van der Waals surface area (Å²) < 4.78 is 0. The number of hydrogen-bond acceptors (Lipinski definition) is 2. The highest BCUT2D eigenvalue weighted by molar-refractivity contribution is 5.85. The van der Waals surface area contributed by atoms with Gasteiger partial charge in [-0.3, -0.25) is 0 Å². The van der Waals surface area contributed by atoms with E-state index < -0.39 is 5.97 Å². The third kappa shape index (κ3) is 5.24. The molecule has 3 nitrogen and oxygen atoms in total. The standard InChI is InChI=1S/C19H24O3/c1-5-14(4)17(10-6-13(2)3)18-12-16(20)9-7-15(18)8-11-19(21)22/h5-9,11-12,17,20H,10H2,1-4H3,(H,21,22).